The Morgan fingerprint density at radius 3 is 2.36 bits per heavy atom. The molecule has 1 N–H and O–H groups in total. The Balaban J connectivity index is 1.53. The van der Waals surface area contributed by atoms with Gasteiger partial charge in [-0.2, -0.15) is 10.5 Å². The molecule has 7 heteroatoms. The third-order valence-electron chi connectivity index (χ3n) is 6.62. The standard InChI is InChI=1S/C29H30N6O/c1-3-15-34(2)27-12-9-23(10-13-27)28(22-6-4-21(17-30)5-7-22)35-16-14-26(20-35)33-29(36)24-8-11-25(18-31)32-19-24/h4-13,19,26,28H,3,14-16,20H2,1-2H3,(H,33,36)/t26-,28?/m1/s1. The summed E-state index contributed by atoms with van der Waals surface area (Å²) < 4.78 is 0. The van der Waals surface area contributed by atoms with E-state index >= 15 is 0 Å². The quantitative estimate of drug-likeness (QED) is 0.520. The molecule has 0 radical (unpaired) electrons. The second kappa shape index (κ2) is 11.5. The van der Waals surface area contributed by atoms with Gasteiger partial charge in [-0.1, -0.05) is 31.2 Å². The molecule has 0 saturated carbocycles. The lowest BCUT2D eigenvalue weighted by atomic mass is 9.96. The minimum Gasteiger partial charge on any atom is -0.375 e. The van der Waals surface area contributed by atoms with Crippen LogP contribution >= 0.6 is 0 Å². The van der Waals surface area contributed by atoms with Crippen molar-refractivity contribution in [3.05, 3.63) is 94.8 Å². The molecule has 4 rings (SSSR count). The van der Waals surface area contributed by atoms with Crippen LogP contribution in [0, 0.1) is 22.7 Å². The number of hydrogen-bond acceptors (Lipinski definition) is 6. The minimum absolute atomic E-state index is 0.00369. The number of hydrogen-bond donors (Lipinski definition) is 1. The molecule has 1 aliphatic rings. The predicted octanol–water partition coefficient (Wildman–Crippen LogP) is 4.26. The molecule has 7 nitrogen and oxygen atoms in total. The maximum atomic E-state index is 12.8. The Labute approximate surface area is 212 Å². The van der Waals surface area contributed by atoms with Gasteiger partial charge in [-0.3, -0.25) is 9.69 Å². The number of benzene rings is 2. The van der Waals surface area contributed by atoms with Crippen LogP contribution in [0.4, 0.5) is 5.69 Å². The lowest BCUT2D eigenvalue weighted by Gasteiger charge is -2.29. The molecular formula is C29H30N6O. The summed E-state index contributed by atoms with van der Waals surface area (Å²) in [7, 11) is 2.10. The first-order valence-electron chi connectivity index (χ1n) is 12.2. The maximum Gasteiger partial charge on any atom is 0.253 e. The van der Waals surface area contributed by atoms with E-state index in [1.165, 1.54) is 17.4 Å². The average Bonchev–Trinajstić information content (AvgIpc) is 3.37. The van der Waals surface area contributed by atoms with Gasteiger partial charge < -0.3 is 10.2 Å². The molecular weight excluding hydrogens is 448 g/mol. The smallest absolute Gasteiger partial charge is 0.253 e. The highest BCUT2D eigenvalue weighted by atomic mass is 16.1. The van der Waals surface area contributed by atoms with Crippen molar-refractivity contribution in [1.29, 1.82) is 10.5 Å². The van der Waals surface area contributed by atoms with Crippen LogP contribution in [0.5, 0.6) is 0 Å². The number of likely N-dealkylation sites (tertiary alicyclic amines) is 1. The maximum absolute atomic E-state index is 12.8. The topological polar surface area (TPSA) is 96.0 Å². The molecule has 1 saturated heterocycles. The number of nitrogens with one attached hydrogen (secondary N) is 1. The second-order valence-corrected chi connectivity index (χ2v) is 9.15. The van der Waals surface area contributed by atoms with Crippen LogP contribution in [-0.2, 0) is 0 Å². The van der Waals surface area contributed by atoms with E-state index in [0.717, 1.165) is 31.5 Å². The fourth-order valence-electron chi connectivity index (χ4n) is 4.73. The number of rotatable bonds is 8. The predicted molar refractivity (Wildman–Crippen MR) is 139 cm³/mol. The summed E-state index contributed by atoms with van der Waals surface area (Å²) in [5.41, 5.74) is 4.85. The summed E-state index contributed by atoms with van der Waals surface area (Å²) in [6.45, 7) is 4.71. The van der Waals surface area contributed by atoms with Gasteiger partial charge >= 0.3 is 0 Å². The lowest BCUT2D eigenvalue weighted by molar-refractivity contribution is 0.0936. The van der Waals surface area contributed by atoms with Crippen molar-refractivity contribution in [1.82, 2.24) is 15.2 Å². The van der Waals surface area contributed by atoms with Crippen molar-refractivity contribution in [3.63, 3.8) is 0 Å². The number of amides is 1. The summed E-state index contributed by atoms with van der Waals surface area (Å²) in [5.74, 6) is -0.183. The molecule has 0 aliphatic carbocycles. The second-order valence-electron chi connectivity index (χ2n) is 9.15. The molecule has 1 aliphatic heterocycles. The molecule has 1 amide bonds. The molecule has 3 aromatic rings. The number of aromatic nitrogens is 1. The number of nitriles is 2. The monoisotopic (exact) mass is 478 g/mol. The normalized spacial score (nSPS) is 16.1. The van der Waals surface area contributed by atoms with Crippen LogP contribution in [0.15, 0.2) is 66.9 Å². The molecule has 1 fully saturated rings. The average molecular weight is 479 g/mol. The van der Waals surface area contributed by atoms with Crippen LogP contribution in [0.1, 0.15) is 58.5 Å². The Morgan fingerprint density at radius 1 is 1.08 bits per heavy atom. The fourth-order valence-corrected chi connectivity index (χ4v) is 4.73. The summed E-state index contributed by atoms with van der Waals surface area (Å²) in [4.78, 5) is 21.4. The van der Waals surface area contributed by atoms with Crippen molar-refractivity contribution in [2.45, 2.75) is 31.8 Å². The molecule has 36 heavy (non-hydrogen) atoms. The van der Waals surface area contributed by atoms with E-state index in [0.29, 0.717) is 17.7 Å². The van der Waals surface area contributed by atoms with Gasteiger partial charge in [0.05, 0.1) is 23.2 Å². The van der Waals surface area contributed by atoms with Crippen molar-refractivity contribution < 1.29 is 4.79 Å². The highest BCUT2D eigenvalue weighted by Gasteiger charge is 2.31. The zero-order valence-electron chi connectivity index (χ0n) is 20.7. The van der Waals surface area contributed by atoms with Crippen molar-refractivity contribution >= 4 is 11.6 Å². The molecule has 0 bridgehead atoms. The lowest BCUT2D eigenvalue weighted by Crippen LogP contribution is -2.38. The molecule has 2 aromatic carbocycles. The Morgan fingerprint density at radius 2 is 1.78 bits per heavy atom. The molecule has 0 spiro atoms. The summed E-state index contributed by atoms with van der Waals surface area (Å²) in [6.07, 6.45) is 3.36. The zero-order chi connectivity index (χ0) is 25.5. The number of carbonyl (C=O) groups excluding carboxylic acids is 1. The van der Waals surface area contributed by atoms with Gasteiger partial charge in [-0.05, 0) is 60.4 Å². The first kappa shape index (κ1) is 24.9. The van der Waals surface area contributed by atoms with E-state index in [2.05, 4.69) is 64.4 Å². The van der Waals surface area contributed by atoms with Crippen molar-refractivity contribution in [2.24, 2.45) is 0 Å². The molecule has 2 heterocycles. The third-order valence-corrected chi connectivity index (χ3v) is 6.62. The first-order chi connectivity index (χ1) is 17.5. The van der Waals surface area contributed by atoms with Crippen LogP contribution in [-0.4, -0.2) is 48.5 Å². The van der Waals surface area contributed by atoms with Gasteiger partial charge in [0.25, 0.3) is 5.91 Å². The zero-order valence-corrected chi connectivity index (χ0v) is 20.7. The largest absolute Gasteiger partial charge is 0.375 e. The number of nitrogens with zero attached hydrogens (tertiary/aromatic N) is 5. The van der Waals surface area contributed by atoms with Crippen LogP contribution in [0.3, 0.4) is 0 Å². The molecule has 1 unspecified atom stereocenters. The molecule has 2 atom stereocenters. The van der Waals surface area contributed by atoms with Crippen molar-refractivity contribution in [2.75, 3.05) is 31.6 Å². The Bertz CT molecular complexity index is 1260. The van der Waals surface area contributed by atoms with Gasteiger partial charge in [0.2, 0.25) is 0 Å². The van der Waals surface area contributed by atoms with E-state index in [4.69, 9.17) is 5.26 Å². The van der Waals surface area contributed by atoms with Gasteiger partial charge in [0, 0.05) is 44.6 Å². The van der Waals surface area contributed by atoms with E-state index in [1.807, 2.05) is 30.3 Å². The summed E-state index contributed by atoms with van der Waals surface area (Å²) in [6, 6.07) is 23.8. The fraction of sp³-hybridized carbons (Fsp3) is 0.310. The third kappa shape index (κ3) is 5.71. The van der Waals surface area contributed by atoms with Crippen LogP contribution < -0.4 is 10.2 Å². The van der Waals surface area contributed by atoms with Crippen molar-refractivity contribution in [3.8, 4) is 12.1 Å². The van der Waals surface area contributed by atoms with Gasteiger partial charge in [0.15, 0.2) is 0 Å². The molecule has 1 aromatic heterocycles. The number of anilines is 1. The minimum atomic E-state index is -0.183. The number of carbonyl (C=O) groups is 1. The van der Waals surface area contributed by atoms with Gasteiger partial charge in [0.1, 0.15) is 11.8 Å². The summed E-state index contributed by atoms with van der Waals surface area (Å²) >= 11 is 0. The summed E-state index contributed by atoms with van der Waals surface area (Å²) in [5, 5.41) is 21.3. The van der Waals surface area contributed by atoms with E-state index in [-0.39, 0.29) is 23.7 Å². The van der Waals surface area contributed by atoms with Crippen LogP contribution in [0.2, 0.25) is 0 Å². The van der Waals surface area contributed by atoms with Crippen LogP contribution in [0.25, 0.3) is 0 Å². The first-order valence-corrected chi connectivity index (χ1v) is 12.2. The number of pyridine rings is 1. The van der Waals surface area contributed by atoms with E-state index < -0.39 is 0 Å². The molecule has 182 valence electrons. The van der Waals surface area contributed by atoms with Gasteiger partial charge in [-0.15, -0.1) is 0 Å². The SMILES string of the molecule is CCCN(C)c1ccc(C(c2ccc(C#N)cc2)N2CC[C@@H](NC(=O)c3ccc(C#N)nc3)C2)cc1. The highest BCUT2D eigenvalue weighted by Crippen LogP contribution is 2.33. The Hall–Kier alpha value is -4.20. The Kier molecular flexibility index (Phi) is 7.95. The van der Waals surface area contributed by atoms with E-state index in [1.54, 1.807) is 12.1 Å². The van der Waals surface area contributed by atoms with Gasteiger partial charge in [-0.25, -0.2) is 4.98 Å². The highest BCUT2D eigenvalue weighted by molar-refractivity contribution is 5.94. The van der Waals surface area contributed by atoms with E-state index in [9.17, 15) is 10.1 Å².